The summed E-state index contributed by atoms with van der Waals surface area (Å²) < 4.78 is 3.31. The first-order valence-corrected chi connectivity index (χ1v) is 12.5. The predicted octanol–water partition coefficient (Wildman–Crippen LogP) is 2.18. The molecule has 1 saturated carbocycles. The van der Waals surface area contributed by atoms with E-state index in [4.69, 9.17) is 0 Å². The van der Waals surface area contributed by atoms with Gasteiger partial charge in [-0.05, 0) is 69.2 Å². The molecule has 1 saturated heterocycles. The van der Waals surface area contributed by atoms with Crippen LogP contribution in [0.3, 0.4) is 0 Å². The van der Waals surface area contributed by atoms with Gasteiger partial charge in [0.15, 0.2) is 0 Å². The lowest BCUT2D eigenvalue weighted by molar-refractivity contribution is -0.135. The van der Waals surface area contributed by atoms with Gasteiger partial charge < -0.3 is 10.2 Å². The van der Waals surface area contributed by atoms with Gasteiger partial charge in [0.1, 0.15) is 11.2 Å². The number of hydrogen-bond donors (Lipinski definition) is 1. The van der Waals surface area contributed by atoms with Crippen LogP contribution in [-0.4, -0.2) is 45.5 Å². The zero-order chi connectivity index (χ0) is 22.8. The van der Waals surface area contributed by atoms with Gasteiger partial charge in [-0.1, -0.05) is 0 Å². The number of likely N-dealkylation sites (tertiary alicyclic amines) is 1. The molecule has 1 aliphatic carbocycles. The number of aromatic nitrogens is 2. The molecule has 0 bridgehead atoms. The van der Waals surface area contributed by atoms with Gasteiger partial charge >= 0.3 is 5.69 Å². The molecule has 9 heteroatoms. The van der Waals surface area contributed by atoms with Gasteiger partial charge in [0.25, 0.3) is 5.56 Å². The summed E-state index contributed by atoms with van der Waals surface area (Å²) in [4.78, 5) is 53.3. The number of nitrogens with zero attached hydrogens (tertiary/aromatic N) is 3. The molecule has 1 N–H and O–H groups in total. The second-order valence-electron chi connectivity index (χ2n) is 9.18. The Morgan fingerprint density at radius 1 is 1.09 bits per heavy atom. The Bertz CT molecular complexity index is 1110. The van der Waals surface area contributed by atoms with Crippen molar-refractivity contribution in [1.82, 2.24) is 19.4 Å². The zero-order valence-corrected chi connectivity index (χ0v) is 19.7. The molecule has 0 radical (unpaired) electrons. The maximum Gasteiger partial charge on any atom is 0.332 e. The Kier molecular flexibility index (Phi) is 6.83. The first kappa shape index (κ1) is 22.8. The lowest BCUT2D eigenvalue weighted by atomic mass is 9.81. The van der Waals surface area contributed by atoms with Gasteiger partial charge in [0.2, 0.25) is 11.8 Å². The number of nitrogens with one attached hydrogen (secondary N) is 1. The number of thiophene rings is 1. The Morgan fingerprint density at radius 3 is 2.53 bits per heavy atom. The van der Waals surface area contributed by atoms with E-state index in [0.29, 0.717) is 16.8 Å². The molecule has 2 amide bonds. The van der Waals surface area contributed by atoms with Crippen LogP contribution in [0.5, 0.6) is 0 Å². The van der Waals surface area contributed by atoms with E-state index in [2.05, 4.69) is 12.2 Å². The summed E-state index contributed by atoms with van der Waals surface area (Å²) in [6, 6.07) is 1.93. The average molecular weight is 461 g/mol. The van der Waals surface area contributed by atoms with Gasteiger partial charge in [-0.2, -0.15) is 0 Å². The second kappa shape index (κ2) is 9.60. The number of carbonyl (C=O) groups is 2. The molecule has 0 spiro atoms. The predicted molar refractivity (Wildman–Crippen MR) is 125 cm³/mol. The minimum absolute atomic E-state index is 0.00793. The lowest BCUT2D eigenvalue weighted by Crippen LogP contribution is -2.47. The van der Waals surface area contributed by atoms with Gasteiger partial charge in [-0.3, -0.25) is 23.5 Å². The van der Waals surface area contributed by atoms with Crippen molar-refractivity contribution in [3.63, 3.8) is 0 Å². The standard InChI is InChI=1S/C23H32N4O4S/c1-15-5-3-4-11-25(15)19(28)14-26-18-10-12-32-20(18)22(30)27(23(26)31)13-16-6-8-17(9-7-16)21(29)24-2/h10,12,15-17H,3-9,11,13-14H2,1-2H3,(H,24,29)/t15-,16?,17?/m1/s1. The van der Waals surface area contributed by atoms with Crippen LogP contribution in [0.15, 0.2) is 21.0 Å². The molecule has 1 atom stereocenters. The molecular formula is C23H32N4O4S. The number of piperidine rings is 1. The van der Waals surface area contributed by atoms with Gasteiger partial charge in [0, 0.05) is 32.1 Å². The van der Waals surface area contributed by atoms with Gasteiger partial charge in [-0.25, -0.2) is 4.79 Å². The van der Waals surface area contributed by atoms with Crippen molar-refractivity contribution in [2.24, 2.45) is 11.8 Å². The van der Waals surface area contributed by atoms with Crippen molar-refractivity contribution in [1.29, 1.82) is 0 Å². The number of fused-ring (bicyclic) bond motifs is 1. The normalized spacial score (nSPS) is 23.9. The molecule has 8 nitrogen and oxygen atoms in total. The van der Waals surface area contributed by atoms with E-state index in [-0.39, 0.29) is 41.8 Å². The first-order chi connectivity index (χ1) is 15.4. The minimum Gasteiger partial charge on any atom is -0.359 e. The maximum absolute atomic E-state index is 13.4. The molecule has 3 heterocycles. The van der Waals surface area contributed by atoms with E-state index >= 15 is 0 Å². The molecular weight excluding hydrogens is 428 g/mol. The van der Waals surface area contributed by atoms with Crippen molar-refractivity contribution in [2.45, 2.75) is 71.0 Å². The maximum atomic E-state index is 13.4. The fraction of sp³-hybridized carbons (Fsp3) is 0.652. The summed E-state index contributed by atoms with van der Waals surface area (Å²) in [6.07, 6.45) is 6.21. The molecule has 1 aliphatic heterocycles. The van der Waals surface area contributed by atoms with Crippen molar-refractivity contribution in [2.75, 3.05) is 13.6 Å². The summed E-state index contributed by atoms with van der Waals surface area (Å²) in [5, 5.41) is 4.51. The highest BCUT2D eigenvalue weighted by Crippen LogP contribution is 2.29. The molecule has 0 aromatic carbocycles. The summed E-state index contributed by atoms with van der Waals surface area (Å²) in [5.74, 6) is 0.176. The fourth-order valence-corrected chi connectivity index (χ4v) is 6.05. The van der Waals surface area contributed by atoms with Crippen LogP contribution in [-0.2, 0) is 22.7 Å². The summed E-state index contributed by atoms with van der Waals surface area (Å²) in [7, 11) is 1.65. The topological polar surface area (TPSA) is 93.4 Å². The molecule has 174 valence electrons. The van der Waals surface area contributed by atoms with E-state index in [1.54, 1.807) is 18.5 Å². The Morgan fingerprint density at radius 2 is 1.84 bits per heavy atom. The van der Waals surface area contributed by atoms with Crippen molar-refractivity contribution < 1.29 is 9.59 Å². The van der Waals surface area contributed by atoms with E-state index in [0.717, 1.165) is 51.5 Å². The highest BCUT2D eigenvalue weighted by molar-refractivity contribution is 7.17. The van der Waals surface area contributed by atoms with Gasteiger partial charge in [-0.15, -0.1) is 11.3 Å². The van der Waals surface area contributed by atoms with E-state index in [1.807, 2.05) is 4.90 Å². The smallest absolute Gasteiger partial charge is 0.332 e. The van der Waals surface area contributed by atoms with Crippen LogP contribution in [0.1, 0.15) is 51.9 Å². The highest BCUT2D eigenvalue weighted by Gasteiger charge is 2.28. The molecule has 2 aromatic rings. The molecule has 2 aromatic heterocycles. The summed E-state index contributed by atoms with van der Waals surface area (Å²) in [6.45, 7) is 3.06. The van der Waals surface area contributed by atoms with Gasteiger partial charge in [0.05, 0.1) is 5.52 Å². The monoisotopic (exact) mass is 460 g/mol. The third kappa shape index (κ3) is 4.40. The Balaban J connectivity index is 1.59. The second-order valence-corrected chi connectivity index (χ2v) is 10.1. The molecule has 32 heavy (non-hydrogen) atoms. The molecule has 0 unspecified atom stereocenters. The van der Waals surface area contributed by atoms with Crippen LogP contribution in [0.4, 0.5) is 0 Å². The average Bonchev–Trinajstić information content (AvgIpc) is 3.29. The van der Waals surface area contributed by atoms with Crippen LogP contribution >= 0.6 is 11.3 Å². The summed E-state index contributed by atoms with van der Waals surface area (Å²) >= 11 is 1.31. The van der Waals surface area contributed by atoms with Crippen LogP contribution < -0.4 is 16.6 Å². The Labute approximate surface area is 191 Å². The van der Waals surface area contributed by atoms with Crippen LogP contribution in [0.25, 0.3) is 10.2 Å². The molecule has 2 aliphatic rings. The third-order valence-electron chi connectivity index (χ3n) is 7.16. The van der Waals surface area contributed by atoms with E-state index in [1.165, 1.54) is 20.5 Å². The Hall–Kier alpha value is -2.42. The fourth-order valence-electron chi connectivity index (χ4n) is 5.21. The number of rotatable bonds is 5. The van der Waals surface area contributed by atoms with Crippen LogP contribution in [0.2, 0.25) is 0 Å². The summed E-state index contributed by atoms with van der Waals surface area (Å²) in [5.41, 5.74) is -0.140. The number of amides is 2. The van der Waals surface area contributed by atoms with Crippen molar-refractivity contribution >= 4 is 33.4 Å². The van der Waals surface area contributed by atoms with Crippen molar-refractivity contribution in [3.05, 3.63) is 32.3 Å². The minimum atomic E-state index is -0.410. The largest absolute Gasteiger partial charge is 0.359 e. The first-order valence-electron chi connectivity index (χ1n) is 11.6. The van der Waals surface area contributed by atoms with E-state index in [9.17, 15) is 19.2 Å². The number of carbonyl (C=O) groups excluding carboxylic acids is 2. The highest BCUT2D eigenvalue weighted by atomic mass is 32.1. The van der Waals surface area contributed by atoms with E-state index < -0.39 is 5.69 Å². The molecule has 2 fully saturated rings. The zero-order valence-electron chi connectivity index (χ0n) is 18.8. The van der Waals surface area contributed by atoms with Crippen molar-refractivity contribution in [3.8, 4) is 0 Å². The molecule has 4 rings (SSSR count). The SMILES string of the molecule is CNC(=O)C1CCC(Cn2c(=O)c3sccc3n(CC(=O)N3CCCC[C@H]3C)c2=O)CC1. The number of hydrogen-bond acceptors (Lipinski definition) is 5. The third-order valence-corrected chi connectivity index (χ3v) is 8.05. The quantitative estimate of drug-likeness (QED) is 0.740. The lowest BCUT2D eigenvalue weighted by Gasteiger charge is -2.33. The van der Waals surface area contributed by atoms with Crippen LogP contribution in [0, 0.1) is 11.8 Å².